The Labute approximate surface area is 182 Å². The summed E-state index contributed by atoms with van der Waals surface area (Å²) in [5, 5.41) is 9.64. The van der Waals surface area contributed by atoms with Gasteiger partial charge in [0.2, 0.25) is 5.88 Å². The minimum absolute atomic E-state index is 0.00138. The molecular formula is C23H29N3O5. The molecule has 1 fully saturated rings. The van der Waals surface area contributed by atoms with Crippen LogP contribution in [0.4, 0.5) is 0 Å². The predicted octanol–water partition coefficient (Wildman–Crippen LogP) is 2.43. The van der Waals surface area contributed by atoms with E-state index in [1.807, 2.05) is 24.3 Å². The Kier molecular flexibility index (Phi) is 7.93. The molecule has 31 heavy (non-hydrogen) atoms. The van der Waals surface area contributed by atoms with Crippen LogP contribution >= 0.6 is 0 Å². The molecule has 0 amide bonds. The lowest BCUT2D eigenvalue weighted by molar-refractivity contribution is -0.139. The highest BCUT2D eigenvalue weighted by atomic mass is 16.5. The first-order valence-corrected chi connectivity index (χ1v) is 10.5. The molecule has 8 heteroatoms. The average Bonchev–Trinajstić information content (AvgIpc) is 2.77. The zero-order chi connectivity index (χ0) is 22.2. The molecule has 0 saturated carbocycles. The van der Waals surface area contributed by atoms with Crippen molar-refractivity contribution >= 4 is 5.97 Å². The van der Waals surface area contributed by atoms with Crippen molar-refractivity contribution in [2.75, 3.05) is 46.1 Å². The van der Waals surface area contributed by atoms with Crippen LogP contribution in [0, 0.1) is 11.3 Å². The lowest BCUT2D eigenvalue weighted by Crippen LogP contribution is -2.37. The second-order valence-corrected chi connectivity index (χ2v) is 7.34. The van der Waals surface area contributed by atoms with E-state index in [0.29, 0.717) is 12.4 Å². The SMILES string of the molecule is CCOC(=O)C1=C(C)OC(N)=C(C#N)C1c1ccc(OCCCN2CCOCC2)cc1. The third-order valence-corrected chi connectivity index (χ3v) is 5.31. The van der Waals surface area contributed by atoms with Crippen LogP contribution in [0.1, 0.15) is 31.7 Å². The second kappa shape index (κ2) is 10.8. The van der Waals surface area contributed by atoms with Crippen molar-refractivity contribution in [1.82, 2.24) is 4.90 Å². The first-order valence-electron chi connectivity index (χ1n) is 10.5. The molecule has 2 heterocycles. The predicted molar refractivity (Wildman–Crippen MR) is 114 cm³/mol. The van der Waals surface area contributed by atoms with Gasteiger partial charge in [-0.1, -0.05) is 12.1 Å². The molecule has 166 valence electrons. The van der Waals surface area contributed by atoms with E-state index < -0.39 is 11.9 Å². The van der Waals surface area contributed by atoms with Gasteiger partial charge in [-0.2, -0.15) is 5.26 Å². The molecule has 0 aromatic heterocycles. The molecule has 8 nitrogen and oxygen atoms in total. The van der Waals surface area contributed by atoms with Crippen LogP contribution in [0.25, 0.3) is 0 Å². The van der Waals surface area contributed by atoms with Crippen molar-refractivity contribution in [3.63, 3.8) is 0 Å². The van der Waals surface area contributed by atoms with Gasteiger partial charge in [0.05, 0.1) is 37.9 Å². The van der Waals surface area contributed by atoms with Crippen LogP contribution in [-0.2, 0) is 19.0 Å². The standard InChI is InChI=1S/C23H29N3O5/c1-3-29-23(27)20-16(2)31-22(25)19(15-24)21(20)17-5-7-18(8-6-17)30-12-4-9-26-10-13-28-14-11-26/h5-8,21H,3-4,9-14,25H2,1-2H3. The summed E-state index contributed by atoms with van der Waals surface area (Å²) < 4.78 is 21.8. The number of nitriles is 1. The molecule has 2 aliphatic heterocycles. The average molecular weight is 428 g/mol. The molecule has 1 aromatic rings. The lowest BCUT2D eigenvalue weighted by atomic mass is 9.83. The number of morpholine rings is 1. The van der Waals surface area contributed by atoms with Gasteiger partial charge in [0, 0.05) is 19.6 Å². The monoisotopic (exact) mass is 427 g/mol. The fourth-order valence-electron chi connectivity index (χ4n) is 3.75. The van der Waals surface area contributed by atoms with Crippen molar-refractivity contribution in [3.05, 3.63) is 52.6 Å². The topological polar surface area (TPSA) is 107 Å². The molecule has 3 rings (SSSR count). The van der Waals surface area contributed by atoms with E-state index in [2.05, 4.69) is 11.0 Å². The van der Waals surface area contributed by atoms with Crippen molar-refractivity contribution in [2.24, 2.45) is 5.73 Å². The fraction of sp³-hybridized carbons (Fsp3) is 0.478. The quantitative estimate of drug-likeness (QED) is 0.498. The first kappa shape index (κ1) is 22.7. The van der Waals surface area contributed by atoms with E-state index >= 15 is 0 Å². The molecular weight excluding hydrogens is 398 g/mol. The van der Waals surface area contributed by atoms with Crippen LogP contribution in [0.3, 0.4) is 0 Å². The van der Waals surface area contributed by atoms with E-state index in [4.69, 9.17) is 24.7 Å². The minimum atomic E-state index is -0.645. The molecule has 0 aliphatic carbocycles. The highest BCUT2D eigenvalue weighted by Gasteiger charge is 2.36. The summed E-state index contributed by atoms with van der Waals surface area (Å²) in [4.78, 5) is 14.9. The Balaban J connectivity index is 1.68. The maximum absolute atomic E-state index is 12.6. The number of carbonyl (C=O) groups excluding carboxylic acids is 1. The van der Waals surface area contributed by atoms with E-state index in [1.165, 1.54) is 0 Å². The number of hydrogen-bond acceptors (Lipinski definition) is 8. The van der Waals surface area contributed by atoms with Gasteiger partial charge in [0.1, 0.15) is 23.2 Å². The smallest absolute Gasteiger partial charge is 0.338 e. The Bertz CT molecular complexity index is 879. The fourth-order valence-corrected chi connectivity index (χ4v) is 3.75. The van der Waals surface area contributed by atoms with Crippen LogP contribution in [-0.4, -0.2) is 56.9 Å². The number of esters is 1. The summed E-state index contributed by atoms with van der Waals surface area (Å²) in [5.74, 6) is -0.0987. The minimum Gasteiger partial charge on any atom is -0.494 e. The Morgan fingerprint density at radius 3 is 2.65 bits per heavy atom. The van der Waals surface area contributed by atoms with Crippen molar-refractivity contribution < 1.29 is 23.7 Å². The number of carbonyl (C=O) groups is 1. The lowest BCUT2D eigenvalue weighted by Gasteiger charge is -2.27. The number of ether oxygens (including phenoxy) is 4. The summed E-state index contributed by atoms with van der Waals surface area (Å²) in [5.41, 5.74) is 7.14. The largest absolute Gasteiger partial charge is 0.494 e. The molecule has 1 atom stereocenters. The van der Waals surface area contributed by atoms with Crippen molar-refractivity contribution in [1.29, 1.82) is 5.26 Å². The molecule has 1 saturated heterocycles. The number of nitrogens with two attached hydrogens (primary N) is 1. The third kappa shape index (κ3) is 5.57. The van der Waals surface area contributed by atoms with Gasteiger partial charge in [-0.15, -0.1) is 0 Å². The number of benzene rings is 1. The molecule has 1 aromatic carbocycles. The Morgan fingerprint density at radius 1 is 1.29 bits per heavy atom. The van der Waals surface area contributed by atoms with Crippen LogP contribution in [0.15, 0.2) is 47.1 Å². The molecule has 0 spiro atoms. The van der Waals surface area contributed by atoms with E-state index in [-0.39, 0.29) is 23.6 Å². The molecule has 1 unspecified atom stereocenters. The van der Waals surface area contributed by atoms with Gasteiger partial charge in [-0.05, 0) is 38.0 Å². The highest BCUT2D eigenvalue weighted by molar-refractivity contribution is 5.92. The van der Waals surface area contributed by atoms with Gasteiger partial charge in [0.15, 0.2) is 0 Å². The highest BCUT2D eigenvalue weighted by Crippen LogP contribution is 2.39. The maximum atomic E-state index is 12.6. The van der Waals surface area contributed by atoms with Crippen molar-refractivity contribution in [3.8, 4) is 11.8 Å². The summed E-state index contributed by atoms with van der Waals surface area (Å²) in [6.45, 7) is 8.70. The van der Waals surface area contributed by atoms with Gasteiger partial charge in [0.25, 0.3) is 0 Å². The number of hydrogen-bond donors (Lipinski definition) is 1. The number of allylic oxidation sites excluding steroid dienone is 2. The van der Waals surface area contributed by atoms with Crippen LogP contribution < -0.4 is 10.5 Å². The third-order valence-electron chi connectivity index (χ3n) is 5.31. The molecule has 0 radical (unpaired) electrons. The molecule has 2 aliphatic rings. The van der Waals surface area contributed by atoms with Crippen molar-refractivity contribution in [2.45, 2.75) is 26.2 Å². The molecule has 0 bridgehead atoms. The van der Waals surface area contributed by atoms with Gasteiger partial charge in [-0.25, -0.2) is 4.79 Å². The summed E-state index contributed by atoms with van der Waals surface area (Å²) in [7, 11) is 0. The van der Waals surface area contributed by atoms with Gasteiger partial charge < -0.3 is 24.7 Å². The molecule has 2 N–H and O–H groups in total. The maximum Gasteiger partial charge on any atom is 0.338 e. The van der Waals surface area contributed by atoms with E-state index in [0.717, 1.165) is 50.6 Å². The Morgan fingerprint density at radius 2 is 2.00 bits per heavy atom. The van der Waals surface area contributed by atoms with Crippen LogP contribution in [0.2, 0.25) is 0 Å². The number of rotatable bonds is 8. The van der Waals surface area contributed by atoms with Crippen LogP contribution in [0.5, 0.6) is 5.75 Å². The van der Waals surface area contributed by atoms with Gasteiger partial charge in [-0.3, -0.25) is 4.90 Å². The van der Waals surface area contributed by atoms with E-state index in [1.54, 1.807) is 13.8 Å². The second-order valence-electron chi connectivity index (χ2n) is 7.34. The van der Waals surface area contributed by atoms with Gasteiger partial charge >= 0.3 is 5.97 Å². The summed E-state index contributed by atoms with van der Waals surface area (Å²) in [6.07, 6.45) is 0.925. The first-order chi connectivity index (χ1) is 15.0. The zero-order valence-electron chi connectivity index (χ0n) is 18.1. The number of nitrogens with zero attached hydrogens (tertiary/aromatic N) is 2. The summed E-state index contributed by atoms with van der Waals surface area (Å²) >= 11 is 0. The Hall–Kier alpha value is -3.02. The zero-order valence-corrected chi connectivity index (χ0v) is 18.1. The van der Waals surface area contributed by atoms with E-state index in [9.17, 15) is 10.1 Å². The summed E-state index contributed by atoms with van der Waals surface area (Å²) in [6, 6.07) is 9.43. The normalized spacial score (nSPS) is 19.6.